The first-order valence-electron chi connectivity index (χ1n) is 4.23. The molecule has 0 amide bonds. The van der Waals surface area contributed by atoms with Crippen LogP contribution in [0.1, 0.15) is 27.2 Å². The molecule has 1 aliphatic rings. The Labute approximate surface area is 73.5 Å². The van der Waals surface area contributed by atoms with Gasteiger partial charge < -0.3 is 10.1 Å². The molecule has 1 rings (SSSR count). The Kier molecular flexibility index (Phi) is 2.17. The van der Waals surface area contributed by atoms with Gasteiger partial charge in [-0.3, -0.25) is 4.79 Å². The summed E-state index contributed by atoms with van der Waals surface area (Å²) in [5.74, 6) is -0.159. The lowest BCUT2D eigenvalue weighted by atomic mass is 9.85. The molecule has 0 aromatic heterocycles. The van der Waals surface area contributed by atoms with E-state index < -0.39 is 5.54 Å². The topological polar surface area (TPSA) is 38.3 Å². The second-order valence-electron chi connectivity index (χ2n) is 4.52. The van der Waals surface area contributed by atoms with Crippen molar-refractivity contribution in [1.29, 1.82) is 0 Å². The summed E-state index contributed by atoms with van der Waals surface area (Å²) < 4.78 is 4.73. The van der Waals surface area contributed by atoms with E-state index in [1.807, 2.05) is 6.92 Å². The van der Waals surface area contributed by atoms with Gasteiger partial charge in [-0.1, -0.05) is 13.8 Å². The van der Waals surface area contributed by atoms with Crippen molar-refractivity contribution in [3.05, 3.63) is 0 Å². The number of rotatable bonds is 1. The third-order valence-electron chi connectivity index (χ3n) is 2.43. The van der Waals surface area contributed by atoms with Crippen LogP contribution in [0.3, 0.4) is 0 Å². The number of hydrogen-bond acceptors (Lipinski definition) is 3. The molecule has 12 heavy (non-hydrogen) atoms. The Morgan fingerprint density at radius 2 is 2.00 bits per heavy atom. The molecule has 1 fully saturated rings. The molecule has 1 atom stereocenters. The summed E-state index contributed by atoms with van der Waals surface area (Å²) in [4.78, 5) is 11.3. The quantitative estimate of drug-likeness (QED) is 0.597. The lowest BCUT2D eigenvalue weighted by Gasteiger charge is -2.22. The van der Waals surface area contributed by atoms with Crippen LogP contribution in [0.25, 0.3) is 0 Å². The molecule has 70 valence electrons. The molecule has 0 saturated carbocycles. The van der Waals surface area contributed by atoms with Crippen molar-refractivity contribution < 1.29 is 9.53 Å². The van der Waals surface area contributed by atoms with Crippen LogP contribution < -0.4 is 5.32 Å². The van der Waals surface area contributed by atoms with Gasteiger partial charge in [-0.05, 0) is 18.8 Å². The van der Waals surface area contributed by atoms with E-state index in [-0.39, 0.29) is 11.4 Å². The van der Waals surface area contributed by atoms with Crippen molar-refractivity contribution in [3.8, 4) is 0 Å². The third kappa shape index (κ3) is 1.61. The van der Waals surface area contributed by atoms with Crippen LogP contribution in [-0.2, 0) is 9.53 Å². The second kappa shape index (κ2) is 2.73. The van der Waals surface area contributed by atoms with E-state index >= 15 is 0 Å². The van der Waals surface area contributed by atoms with Gasteiger partial charge in [0.15, 0.2) is 0 Å². The molecule has 0 spiro atoms. The summed E-state index contributed by atoms with van der Waals surface area (Å²) in [7, 11) is 1.43. The summed E-state index contributed by atoms with van der Waals surface area (Å²) in [6.07, 6.45) is 0.840. The minimum Gasteiger partial charge on any atom is -0.468 e. The molecule has 1 N–H and O–H groups in total. The van der Waals surface area contributed by atoms with E-state index in [4.69, 9.17) is 4.74 Å². The Morgan fingerprint density at radius 3 is 2.33 bits per heavy atom. The summed E-state index contributed by atoms with van der Waals surface area (Å²) in [5, 5.41) is 3.20. The number of ether oxygens (including phenoxy) is 1. The number of nitrogens with one attached hydrogen (secondary N) is 1. The Morgan fingerprint density at radius 1 is 1.42 bits per heavy atom. The monoisotopic (exact) mass is 171 g/mol. The third-order valence-corrected chi connectivity index (χ3v) is 2.43. The maximum atomic E-state index is 11.3. The molecule has 3 heteroatoms. The van der Waals surface area contributed by atoms with E-state index in [1.54, 1.807) is 0 Å². The van der Waals surface area contributed by atoms with E-state index in [9.17, 15) is 4.79 Å². The molecule has 1 aliphatic heterocycles. The fourth-order valence-electron chi connectivity index (χ4n) is 1.89. The van der Waals surface area contributed by atoms with Gasteiger partial charge in [-0.2, -0.15) is 0 Å². The first kappa shape index (κ1) is 9.52. The summed E-state index contributed by atoms with van der Waals surface area (Å²) in [6.45, 7) is 7.06. The highest BCUT2D eigenvalue weighted by Crippen LogP contribution is 2.34. The maximum absolute atomic E-state index is 11.3. The number of carbonyl (C=O) groups excluding carboxylic acids is 1. The molecule has 0 aromatic rings. The Hall–Kier alpha value is -0.570. The standard InChI is InChI=1S/C9H17NO2/c1-8(2)5-9(3,10-6-8)7(11)12-4/h10H,5-6H2,1-4H3/t9-/m1/s1. The molecule has 0 bridgehead atoms. The molecular formula is C9H17NO2. The van der Waals surface area contributed by atoms with E-state index in [1.165, 1.54) is 7.11 Å². The molecule has 0 aliphatic carbocycles. The zero-order valence-corrected chi connectivity index (χ0v) is 8.23. The lowest BCUT2D eigenvalue weighted by Crippen LogP contribution is -2.45. The van der Waals surface area contributed by atoms with Crippen LogP contribution in [0.5, 0.6) is 0 Å². The number of hydrogen-bond donors (Lipinski definition) is 1. The molecule has 1 saturated heterocycles. The fourth-order valence-corrected chi connectivity index (χ4v) is 1.89. The minimum atomic E-state index is -0.474. The highest BCUT2D eigenvalue weighted by molar-refractivity contribution is 5.80. The van der Waals surface area contributed by atoms with Gasteiger partial charge in [-0.15, -0.1) is 0 Å². The van der Waals surface area contributed by atoms with E-state index in [0.29, 0.717) is 0 Å². The van der Waals surface area contributed by atoms with E-state index in [2.05, 4.69) is 19.2 Å². The molecule has 0 aromatic carbocycles. The first-order chi connectivity index (χ1) is 5.40. The fraction of sp³-hybridized carbons (Fsp3) is 0.889. The zero-order chi connectivity index (χ0) is 9.41. The van der Waals surface area contributed by atoms with Crippen molar-refractivity contribution >= 4 is 5.97 Å². The summed E-state index contributed by atoms with van der Waals surface area (Å²) >= 11 is 0. The number of methoxy groups -OCH3 is 1. The van der Waals surface area contributed by atoms with E-state index in [0.717, 1.165) is 13.0 Å². The number of carbonyl (C=O) groups is 1. The van der Waals surface area contributed by atoms with Gasteiger partial charge in [0, 0.05) is 6.54 Å². The Balaban J connectivity index is 2.71. The lowest BCUT2D eigenvalue weighted by molar-refractivity contribution is -0.147. The average Bonchev–Trinajstić information content (AvgIpc) is 2.25. The first-order valence-corrected chi connectivity index (χ1v) is 4.23. The predicted molar refractivity (Wildman–Crippen MR) is 46.8 cm³/mol. The van der Waals surface area contributed by atoms with Gasteiger partial charge in [0.05, 0.1) is 7.11 Å². The molecular weight excluding hydrogens is 154 g/mol. The SMILES string of the molecule is COC(=O)[C@@]1(C)CC(C)(C)CN1. The maximum Gasteiger partial charge on any atom is 0.325 e. The van der Waals surface area contributed by atoms with Crippen molar-refractivity contribution in [1.82, 2.24) is 5.32 Å². The molecule has 3 nitrogen and oxygen atoms in total. The largest absolute Gasteiger partial charge is 0.468 e. The summed E-state index contributed by atoms with van der Waals surface area (Å²) in [5.41, 5.74) is -0.277. The number of esters is 1. The van der Waals surface area contributed by atoms with Crippen LogP contribution in [0, 0.1) is 5.41 Å². The van der Waals surface area contributed by atoms with Gasteiger partial charge in [-0.25, -0.2) is 0 Å². The highest BCUT2D eigenvalue weighted by atomic mass is 16.5. The molecule has 0 radical (unpaired) electrons. The molecule has 1 heterocycles. The van der Waals surface area contributed by atoms with Gasteiger partial charge in [0.25, 0.3) is 0 Å². The average molecular weight is 171 g/mol. The second-order valence-corrected chi connectivity index (χ2v) is 4.52. The van der Waals surface area contributed by atoms with Gasteiger partial charge in [0.2, 0.25) is 0 Å². The van der Waals surface area contributed by atoms with Crippen molar-refractivity contribution in [2.75, 3.05) is 13.7 Å². The van der Waals surface area contributed by atoms with Crippen molar-refractivity contribution in [2.45, 2.75) is 32.7 Å². The van der Waals surface area contributed by atoms with Crippen LogP contribution in [0.15, 0.2) is 0 Å². The highest BCUT2D eigenvalue weighted by Gasteiger charge is 2.45. The zero-order valence-electron chi connectivity index (χ0n) is 8.23. The van der Waals surface area contributed by atoms with Crippen LogP contribution in [-0.4, -0.2) is 25.2 Å². The normalized spacial score (nSPS) is 33.3. The van der Waals surface area contributed by atoms with Crippen LogP contribution in [0.4, 0.5) is 0 Å². The van der Waals surface area contributed by atoms with Crippen molar-refractivity contribution in [2.24, 2.45) is 5.41 Å². The molecule has 0 unspecified atom stereocenters. The minimum absolute atomic E-state index is 0.159. The Bertz CT molecular complexity index is 201. The van der Waals surface area contributed by atoms with Crippen LogP contribution in [0.2, 0.25) is 0 Å². The van der Waals surface area contributed by atoms with Crippen molar-refractivity contribution in [3.63, 3.8) is 0 Å². The predicted octanol–water partition coefficient (Wildman–Crippen LogP) is 0.938. The van der Waals surface area contributed by atoms with Gasteiger partial charge in [0.1, 0.15) is 5.54 Å². The van der Waals surface area contributed by atoms with Gasteiger partial charge >= 0.3 is 5.97 Å². The smallest absolute Gasteiger partial charge is 0.325 e. The summed E-state index contributed by atoms with van der Waals surface area (Å²) in [6, 6.07) is 0. The van der Waals surface area contributed by atoms with Crippen LogP contribution >= 0.6 is 0 Å².